The second-order valence-corrected chi connectivity index (χ2v) is 3.75. The second kappa shape index (κ2) is 4.52. The van der Waals surface area contributed by atoms with E-state index in [-0.39, 0.29) is 0 Å². The Morgan fingerprint density at radius 1 is 0.810 bits per heavy atom. The number of hydrogen-bond acceptors (Lipinski definition) is 5. The highest BCUT2D eigenvalue weighted by Crippen LogP contribution is 2.33. The van der Waals surface area contributed by atoms with Gasteiger partial charge in [-0.1, -0.05) is 0 Å². The van der Waals surface area contributed by atoms with Crippen molar-refractivity contribution in [1.82, 2.24) is 9.97 Å². The van der Waals surface area contributed by atoms with Gasteiger partial charge in [-0.2, -0.15) is 34.2 Å². The molecule has 0 saturated carbocycles. The highest BCUT2D eigenvalue weighted by atomic mass is 19.4. The van der Waals surface area contributed by atoms with E-state index in [0.29, 0.717) is 0 Å². The molecule has 0 atom stereocenters. The zero-order valence-corrected chi connectivity index (χ0v) is 9.87. The van der Waals surface area contributed by atoms with E-state index in [1.165, 1.54) is 0 Å². The number of benzene rings is 1. The van der Waals surface area contributed by atoms with Crippen LogP contribution in [0, 0.1) is 45.3 Å². The summed E-state index contributed by atoms with van der Waals surface area (Å²) < 4.78 is 38.0. The maximum absolute atomic E-state index is 12.7. The van der Waals surface area contributed by atoms with Gasteiger partial charge in [-0.05, 0) is 0 Å². The van der Waals surface area contributed by atoms with Crippen molar-refractivity contribution in [3.8, 4) is 24.3 Å². The summed E-state index contributed by atoms with van der Waals surface area (Å²) in [7, 11) is 0. The van der Waals surface area contributed by atoms with Crippen molar-refractivity contribution in [2.75, 3.05) is 0 Å². The van der Waals surface area contributed by atoms with Crippen LogP contribution in [0.4, 0.5) is 13.2 Å². The van der Waals surface area contributed by atoms with Crippen molar-refractivity contribution in [3.63, 3.8) is 0 Å². The lowest BCUT2D eigenvalue weighted by molar-refractivity contribution is -0.144. The van der Waals surface area contributed by atoms with Crippen molar-refractivity contribution in [3.05, 3.63) is 28.1 Å². The number of nitrogens with zero attached hydrogens (tertiary/aromatic N) is 5. The largest absolute Gasteiger partial charge is 0.449 e. The minimum atomic E-state index is -4.82. The van der Waals surface area contributed by atoms with Crippen LogP contribution in [0.15, 0.2) is 0 Å². The average Bonchev–Trinajstić information content (AvgIpc) is 2.88. The molecule has 0 amide bonds. The number of aromatic amines is 1. The third kappa shape index (κ3) is 1.90. The molecule has 1 N–H and O–H groups in total. The molecule has 0 aliphatic carbocycles. The van der Waals surface area contributed by atoms with Crippen molar-refractivity contribution in [1.29, 1.82) is 21.0 Å². The van der Waals surface area contributed by atoms with Gasteiger partial charge < -0.3 is 4.98 Å². The van der Waals surface area contributed by atoms with Gasteiger partial charge in [-0.3, -0.25) is 0 Å². The lowest BCUT2D eigenvalue weighted by Gasteiger charge is -2.01. The zero-order valence-electron chi connectivity index (χ0n) is 9.87. The number of halogens is 3. The maximum atomic E-state index is 12.7. The Morgan fingerprint density at radius 2 is 1.29 bits per heavy atom. The molecule has 2 aromatic rings. The lowest BCUT2D eigenvalue weighted by Crippen LogP contribution is -2.06. The predicted octanol–water partition coefficient (Wildman–Crippen LogP) is 2.07. The molecular weight excluding hydrogens is 285 g/mol. The van der Waals surface area contributed by atoms with Gasteiger partial charge in [0.15, 0.2) is 0 Å². The van der Waals surface area contributed by atoms with Crippen LogP contribution in [0.2, 0.25) is 0 Å². The summed E-state index contributed by atoms with van der Waals surface area (Å²) >= 11 is 0. The van der Waals surface area contributed by atoms with E-state index in [9.17, 15) is 13.2 Å². The predicted molar refractivity (Wildman–Crippen MR) is 60.0 cm³/mol. The summed E-state index contributed by atoms with van der Waals surface area (Å²) in [5.74, 6) is -1.41. The summed E-state index contributed by atoms with van der Waals surface area (Å²) in [6.45, 7) is 0. The monoisotopic (exact) mass is 286 g/mol. The third-order valence-electron chi connectivity index (χ3n) is 2.66. The SMILES string of the molecule is N#Cc1c(C#N)c(C#N)c2[nH]c(C(F)(F)F)nc2c1C#N. The number of rotatable bonds is 0. The highest BCUT2D eigenvalue weighted by Gasteiger charge is 2.36. The van der Waals surface area contributed by atoms with Gasteiger partial charge >= 0.3 is 6.18 Å². The minimum absolute atomic E-state index is 0.392. The molecule has 1 aromatic heterocycles. The van der Waals surface area contributed by atoms with Gasteiger partial charge in [0.1, 0.15) is 29.8 Å². The fourth-order valence-corrected chi connectivity index (χ4v) is 1.81. The first kappa shape index (κ1) is 13.9. The standard InChI is InChI=1S/C12HF3N6/c13-12(14,15)11-20-9-7(3-18)5(1-16)6(2-17)8(4-19)10(9)21-11/h(H,20,21). The normalized spacial score (nSPS) is 10.4. The van der Waals surface area contributed by atoms with E-state index in [4.69, 9.17) is 21.0 Å². The second-order valence-electron chi connectivity index (χ2n) is 3.75. The van der Waals surface area contributed by atoms with Gasteiger partial charge in [-0.25, -0.2) is 4.98 Å². The van der Waals surface area contributed by atoms with E-state index in [1.54, 1.807) is 24.3 Å². The van der Waals surface area contributed by atoms with E-state index in [0.717, 1.165) is 0 Å². The van der Waals surface area contributed by atoms with Crippen LogP contribution in [-0.2, 0) is 6.18 Å². The number of nitrogens with one attached hydrogen (secondary N) is 1. The third-order valence-corrected chi connectivity index (χ3v) is 2.66. The quantitative estimate of drug-likeness (QED) is 0.793. The highest BCUT2D eigenvalue weighted by molar-refractivity contribution is 5.92. The molecule has 1 heterocycles. The fraction of sp³-hybridized carbons (Fsp3) is 0.0833. The minimum Gasteiger partial charge on any atom is -0.333 e. The number of alkyl halides is 3. The van der Waals surface area contributed by atoms with E-state index in [2.05, 4.69) is 4.98 Å². The Hall–Kier alpha value is -3.56. The van der Waals surface area contributed by atoms with Gasteiger partial charge in [0.2, 0.25) is 5.82 Å². The molecule has 21 heavy (non-hydrogen) atoms. The maximum Gasteiger partial charge on any atom is 0.449 e. The summed E-state index contributed by atoms with van der Waals surface area (Å²) in [5, 5.41) is 36.0. The number of H-pyrrole nitrogens is 1. The summed E-state index contributed by atoms with van der Waals surface area (Å²) in [4.78, 5) is 5.12. The van der Waals surface area contributed by atoms with Crippen LogP contribution in [0.25, 0.3) is 11.0 Å². The Kier molecular flexibility index (Phi) is 2.98. The number of nitriles is 4. The van der Waals surface area contributed by atoms with E-state index >= 15 is 0 Å². The van der Waals surface area contributed by atoms with E-state index < -0.39 is 45.3 Å². The van der Waals surface area contributed by atoms with Gasteiger partial charge in [-0.15, -0.1) is 0 Å². The molecule has 0 saturated heterocycles. The molecule has 2 rings (SSSR count). The molecule has 0 spiro atoms. The molecule has 0 aliphatic heterocycles. The Labute approximate surface area is 114 Å². The molecular formula is C12HF3N6. The fourth-order valence-electron chi connectivity index (χ4n) is 1.81. The number of hydrogen-bond donors (Lipinski definition) is 1. The lowest BCUT2D eigenvalue weighted by atomic mass is 9.96. The van der Waals surface area contributed by atoms with E-state index in [1.807, 2.05) is 4.98 Å². The molecule has 0 unspecified atom stereocenters. The van der Waals surface area contributed by atoms with Crippen LogP contribution in [0.1, 0.15) is 28.1 Å². The van der Waals surface area contributed by atoms with Crippen molar-refractivity contribution in [2.45, 2.75) is 6.18 Å². The van der Waals surface area contributed by atoms with Crippen molar-refractivity contribution in [2.24, 2.45) is 0 Å². The number of aromatic nitrogens is 2. The average molecular weight is 286 g/mol. The van der Waals surface area contributed by atoms with Gasteiger partial charge in [0.25, 0.3) is 0 Å². The molecule has 0 bridgehead atoms. The van der Waals surface area contributed by atoms with Crippen LogP contribution >= 0.6 is 0 Å². The number of imidazole rings is 1. The summed E-state index contributed by atoms with van der Waals surface area (Å²) in [5.41, 5.74) is -2.71. The number of fused-ring (bicyclic) bond motifs is 1. The van der Waals surface area contributed by atoms with Gasteiger partial charge in [0, 0.05) is 0 Å². The Morgan fingerprint density at radius 3 is 1.71 bits per heavy atom. The first-order chi connectivity index (χ1) is 9.88. The molecule has 6 nitrogen and oxygen atoms in total. The first-order valence-corrected chi connectivity index (χ1v) is 5.16. The van der Waals surface area contributed by atoms with Crippen LogP contribution in [-0.4, -0.2) is 9.97 Å². The molecule has 9 heteroatoms. The Bertz CT molecular complexity index is 855. The van der Waals surface area contributed by atoms with Crippen LogP contribution in [0.3, 0.4) is 0 Å². The molecule has 0 aliphatic rings. The summed E-state index contributed by atoms with van der Waals surface area (Å²) in [6, 6.07) is 6.21. The topological polar surface area (TPSA) is 124 Å². The molecule has 100 valence electrons. The van der Waals surface area contributed by atoms with Crippen LogP contribution in [0.5, 0.6) is 0 Å². The van der Waals surface area contributed by atoms with Crippen molar-refractivity contribution >= 4 is 11.0 Å². The summed E-state index contributed by atoms with van der Waals surface area (Å²) in [6.07, 6.45) is -4.82. The first-order valence-electron chi connectivity index (χ1n) is 5.16. The smallest absolute Gasteiger partial charge is 0.333 e. The Balaban J connectivity index is 3.11. The zero-order chi connectivity index (χ0) is 15.8. The van der Waals surface area contributed by atoms with Crippen molar-refractivity contribution < 1.29 is 13.2 Å². The van der Waals surface area contributed by atoms with Crippen LogP contribution < -0.4 is 0 Å². The molecule has 0 radical (unpaired) electrons. The van der Waals surface area contributed by atoms with Gasteiger partial charge in [0.05, 0.1) is 27.8 Å². The molecule has 1 aromatic carbocycles. The molecule has 0 fully saturated rings.